The summed E-state index contributed by atoms with van der Waals surface area (Å²) in [4.78, 5) is 11.2. The summed E-state index contributed by atoms with van der Waals surface area (Å²) >= 11 is 0. The highest BCUT2D eigenvalue weighted by Gasteiger charge is 2.21. The number of aromatic nitrogens is 3. The molecule has 128 valence electrons. The van der Waals surface area contributed by atoms with E-state index < -0.39 is 6.10 Å². The minimum absolute atomic E-state index is 0.0535. The van der Waals surface area contributed by atoms with Crippen LogP contribution < -0.4 is 0 Å². The van der Waals surface area contributed by atoms with E-state index in [0.717, 1.165) is 11.1 Å². The van der Waals surface area contributed by atoms with Crippen LogP contribution in [0.4, 0.5) is 0 Å². The molecule has 3 rings (SSSR count). The van der Waals surface area contributed by atoms with Crippen LogP contribution in [0.15, 0.2) is 60.7 Å². The van der Waals surface area contributed by atoms with Crippen LogP contribution in [0.3, 0.4) is 0 Å². The minimum atomic E-state index is -0.984. The van der Waals surface area contributed by atoms with Crippen molar-refractivity contribution in [3.05, 3.63) is 83.2 Å². The SMILES string of the molecule is O=Cc1nnn(Cc2ccccc2)c1C(O)COCc1ccccc1. The summed E-state index contributed by atoms with van der Waals surface area (Å²) in [7, 11) is 0. The lowest BCUT2D eigenvalue weighted by molar-refractivity contribution is 0.0233. The first kappa shape index (κ1) is 17.0. The van der Waals surface area contributed by atoms with Gasteiger partial charge in [0, 0.05) is 0 Å². The van der Waals surface area contributed by atoms with Gasteiger partial charge in [-0.1, -0.05) is 65.9 Å². The molecule has 0 aliphatic carbocycles. The van der Waals surface area contributed by atoms with Crippen molar-refractivity contribution < 1.29 is 14.6 Å². The molecule has 0 aliphatic rings. The number of rotatable bonds is 8. The third-order valence-electron chi connectivity index (χ3n) is 3.79. The number of hydrogen-bond donors (Lipinski definition) is 1. The Morgan fingerprint density at radius 1 is 1.04 bits per heavy atom. The number of aliphatic hydroxyl groups is 1. The fourth-order valence-corrected chi connectivity index (χ4v) is 2.58. The van der Waals surface area contributed by atoms with E-state index in [0.29, 0.717) is 25.1 Å². The number of hydrogen-bond acceptors (Lipinski definition) is 5. The highest BCUT2D eigenvalue weighted by atomic mass is 16.5. The average Bonchev–Trinajstić information content (AvgIpc) is 3.06. The molecule has 6 heteroatoms. The second-order valence-corrected chi connectivity index (χ2v) is 5.64. The van der Waals surface area contributed by atoms with Crippen molar-refractivity contribution in [2.75, 3.05) is 6.61 Å². The molecule has 1 unspecified atom stereocenters. The summed E-state index contributed by atoms with van der Waals surface area (Å²) in [5, 5.41) is 18.3. The van der Waals surface area contributed by atoms with Crippen LogP contribution in [-0.4, -0.2) is 33.0 Å². The molecular weight excluding hydrogens is 318 g/mol. The van der Waals surface area contributed by atoms with Crippen LogP contribution in [0.25, 0.3) is 0 Å². The van der Waals surface area contributed by atoms with Crippen LogP contribution in [0.2, 0.25) is 0 Å². The molecule has 2 aromatic carbocycles. The quantitative estimate of drug-likeness (QED) is 0.639. The molecule has 0 radical (unpaired) electrons. The van der Waals surface area contributed by atoms with Gasteiger partial charge in [-0.25, -0.2) is 4.68 Å². The van der Waals surface area contributed by atoms with Gasteiger partial charge in [0.15, 0.2) is 12.0 Å². The van der Waals surface area contributed by atoms with Crippen LogP contribution in [0, 0.1) is 0 Å². The van der Waals surface area contributed by atoms with Crippen molar-refractivity contribution in [3.63, 3.8) is 0 Å². The van der Waals surface area contributed by atoms with Gasteiger partial charge in [-0.2, -0.15) is 0 Å². The number of aliphatic hydroxyl groups excluding tert-OH is 1. The highest BCUT2D eigenvalue weighted by Crippen LogP contribution is 2.17. The molecule has 0 aliphatic heterocycles. The van der Waals surface area contributed by atoms with Gasteiger partial charge in [0.1, 0.15) is 11.8 Å². The second-order valence-electron chi connectivity index (χ2n) is 5.64. The maximum Gasteiger partial charge on any atom is 0.172 e. The summed E-state index contributed by atoms with van der Waals surface area (Å²) < 4.78 is 7.11. The molecule has 0 saturated carbocycles. The van der Waals surface area contributed by atoms with E-state index in [1.165, 1.54) is 4.68 Å². The van der Waals surface area contributed by atoms with Gasteiger partial charge in [0.05, 0.1) is 19.8 Å². The van der Waals surface area contributed by atoms with E-state index in [-0.39, 0.29) is 12.3 Å². The largest absolute Gasteiger partial charge is 0.384 e. The van der Waals surface area contributed by atoms with Gasteiger partial charge >= 0.3 is 0 Å². The zero-order valence-corrected chi connectivity index (χ0v) is 13.7. The first-order chi connectivity index (χ1) is 12.3. The minimum Gasteiger partial charge on any atom is -0.384 e. The normalized spacial score (nSPS) is 12.0. The Labute approximate surface area is 145 Å². The van der Waals surface area contributed by atoms with Crippen LogP contribution in [0.5, 0.6) is 0 Å². The van der Waals surface area contributed by atoms with Crippen molar-refractivity contribution in [2.24, 2.45) is 0 Å². The number of carbonyl (C=O) groups is 1. The van der Waals surface area contributed by atoms with Crippen molar-refractivity contribution in [3.8, 4) is 0 Å². The molecule has 0 saturated heterocycles. The monoisotopic (exact) mass is 337 g/mol. The Morgan fingerprint density at radius 3 is 2.32 bits per heavy atom. The van der Waals surface area contributed by atoms with Gasteiger partial charge in [-0.3, -0.25) is 4.79 Å². The first-order valence-corrected chi connectivity index (χ1v) is 8.00. The molecule has 0 bridgehead atoms. The standard InChI is InChI=1S/C19H19N3O3/c23-12-17-19(18(24)14-25-13-16-9-5-2-6-10-16)22(21-20-17)11-15-7-3-1-4-8-15/h1-10,12,18,24H,11,13-14H2. The van der Waals surface area contributed by atoms with Gasteiger partial charge in [-0.15, -0.1) is 5.10 Å². The molecule has 0 spiro atoms. The van der Waals surface area contributed by atoms with E-state index in [1.807, 2.05) is 60.7 Å². The molecule has 0 fully saturated rings. The van der Waals surface area contributed by atoms with Crippen molar-refractivity contribution in [1.29, 1.82) is 0 Å². The van der Waals surface area contributed by atoms with Crippen LogP contribution in [0.1, 0.15) is 33.4 Å². The predicted molar refractivity (Wildman–Crippen MR) is 92.0 cm³/mol. The number of nitrogens with zero attached hydrogens (tertiary/aromatic N) is 3. The van der Waals surface area contributed by atoms with E-state index in [2.05, 4.69) is 10.3 Å². The zero-order valence-electron chi connectivity index (χ0n) is 13.7. The van der Waals surface area contributed by atoms with Crippen molar-refractivity contribution in [1.82, 2.24) is 15.0 Å². The topological polar surface area (TPSA) is 77.2 Å². The Kier molecular flexibility index (Phi) is 5.66. The molecule has 25 heavy (non-hydrogen) atoms. The van der Waals surface area contributed by atoms with E-state index in [1.54, 1.807) is 0 Å². The summed E-state index contributed by atoms with van der Waals surface area (Å²) in [5.41, 5.74) is 2.52. The summed E-state index contributed by atoms with van der Waals surface area (Å²) in [6.45, 7) is 0.860. The number of carbonyl (C=O) groups excluding carboxylic acids is 1. The molecule has 0 amide bonds. The smallest absolute Gasteiger partial charge is 0.172 e. The highest BCUT2D eigenvalue weighted by molar-refractivity contribution is 5.73. The Morgan fingerprint density at radius 2 is 1.68 bits per heavy atom. The molecule has 1 N–H and O–H groups in total. The molecule has 1 atom stereocenters. The summed E-state index contributed by atoms with van der Waals surface area (Å²) in [6.07, 6.45) is -0.382. The Bertz CT molecular complexity index is 803. The van der Waals surface area contributed by atoms with Gasteiger partial charge in [0.25, 0.3) is 0 Å². The molecule has 1 heterocycles. The third-order valence-corrected chi connectivity index (χ3v) is 3.79. The van der Waals surface area contributed by atoms with Gasteiger partial charge in [0.2, 0.25) is 0 Å². The fourth-order valence-electron chi connectivity index (χ4n) is 2.58. The molecule has 3 aromatic rings. The number of benzene rings is 2. The van der Waals surface area contributed by atoms with Crippen molar-refractivity contribution in [2.45, 2.75) is 19.3 Å². The number of aldehydes is 1. The lowest BCUT2D eigenvalue weighted by atomic mass is 10.2. The van der Waals surface area contributed by atoms with E-state index >= 15 is 0 Å². The zero-order chi connectivity index (χ0) is 17.5. The third kappa shape index (κ3) is 4.37. The van der Waals surface area contributed by atoms with E-state index in [4.69, 9.17) is 4.74 Å². The maximum absolute atomic E-state index is 11.2. The van der Waals surface area contributed by atoms with Crippen LogP contribution in [-0.2, 0) is 17.9 Å². The fraction of sp³-hybridized carbons (Fsp3) is 0.211. The maximum atomic E-state index is 11.2. The van der Waals surface area contributed by atoms with Gasteiger partial charge < -0.3 is 9.84 Å². The van der Waals surface area contributed by atoms with Crippen molar-refractivity contribution >= 4 is 6.29 Å². The summed E-state index contributed by atoms with van der Waals surface area (Å²) in [6, 6.07) is 19.4. The lowest BCUT2D eigenvalue weighted by Gasteiger charge is -2.14. The second kappa shape index (κ2) is 8.32. The number of ether oxygens (including phenoxy) is 1. The van der Waals surface area contributed by atoms with Gasteiger partial charge in [-0.05, 0) is 11.1 Å². The lowest BCUT2D eigenvalue weighted by Crippen LogP contribution is -2.16. The first-order valence-electron chi connectivity index (χ1n) is 8.00. The average molecular weight is 337 g/mol. The van der Waals surface area contributed by atoms with E-state index in [9.17, 15) is 9.90 Å². The predicted octanol–water partition coefficient (Wildman–Crippen LogP) is 2.39. The summed E-state index contributed by atoms with van der Waals surface area (Å²) in [5.74, 6) is 0. The Balaban J connectivity index is 1.69. The molecule has 1 aromatic heterocycles. The molecule has 6 nitrogen and oxygen atoms in total. The Hall–Kier alpha value is -2.83. The molecular formula is C19H19N3O3. The van der Waals surface area contributed by atoms with Crippen LogP contribution >= 0.6 is 0 Å².